The third-order valence-corrected chi connectivity index (χ3v) is 9.66. The second kappa shape index (κ2) is 11.9. The van der Waals surface area contributed by atoms with Gasteiger partial charge in [0.25, 0.3) is 0 Å². The molecule has 0 aromatic heterocycles. The Morgan fingerprint density at radius 1 is 0.703 bits per heavy atom. The number of benzene rings is 4. The van der Waals surface area contributed by atoms with E-state index in [-0.39, 0.29) is 0 Å². The highest BCUT2D eigenvalue weighted by molar-refractivity contribution is 7.85. The van der Waals surface area contributed by atoms with Gasteiger partial charge in [-0.15, -0.1) is 0 Å². The minimum atomic E-state index is -1.39. The van der Waals surface area contributed by atoms with Crippen LogP contribution in [-0.4, -0.2) is 29.4 Å². The summed E-state index contributed by atoms with van der Waals surface area (Å²) >= 11 is 0. The molecule has 4 aromatic carbocycles. The van der Waals surface area contributed by atoms with Crippen molar-refractivity contribution in [3.05, 3.63) is 103 Å². The zero-order valence-electron chi connectivity index (χ0n) is 21.8. The molecule has 0 fully saturated rings. The SMILES string of the molecule is COc1cccc(/C=N/S(=O)C(C)(C)C)c1-c1c(OC)cccc1P(c1ccccc1)c1ccccc1. The molecule has 0 bridgehead atoms. The fourth-order valence-corrected chi connectivity index (χ4v) is 7.07. The van der Waals surface area contributed by atoms with Crippen molar-refractivity contribution in [1.29, 1.82) is 0 Å². The first-order valence-corrected chi connectivity index (χ1v) is 14.5. The predicted molar refractivity (Wildman–Crippen MR) is 159 cm³/mol. The van der Waals surface area contributed by atoms with Gasteiger partial charge in [0.1, 0.15) is 22.5 Å². The van der Waals surface area contributed by atoms with E-state index in [1.54, 1.807) is 20.4 Å². The topological polar surface area (TPSA) is 47.9 Å². The Kier molecular flexibility index (Phi) is 8.58. The maximum absolute atomic E-state index is 12.8. The molecule has 0 saturated carbocycles. The van der Waals surface area contributed by atoms with Gasteiger partial charge < -0.3 is 9.47 Å². The number of methoxy groups -OCH3 is 2. The van der Waals surface area contributed by atoms with Crippen molar-refractivity contribution in [3.63, 3.8) is 0 Å². The molecule has 0 aliphatic heterocycles. The Hall–Kier alpha value is -3.27. The Morgan fingerprint density at radius 3 is 1.73 bits per heavy atom. The van der Waals surface area contributed by atoms with Crippen molar-refractivity contribution < 1.29 is 13.7 Å². The van der Waals surface area contributed by atoms with Crippen molar-refractivity contribution in [1.82, 2.24) is 0 Å². The number of hydrogen-bond acceptors (Lipinski definition) is 3. The van der Waals surface area contributed by atoms with E-state index in [4.69, 9.17) is 9.47 Å². The lowest BCUT2D eigenvalue weighted by Gasteiger charge is -2.25. The zero-order valence-corrected chi connectivity index (χ0v) is 23.6. The molecule has 0 radical (unpaired) electrons. The average molecular weight is 530 g/mol. The second-order valence-electron chi connectivity index (χ2n) is 9.38. The third-order valence-electron chi connectivity index (χ3n) is 5.83. The summed E-state index contributed by atoms with van der Waals surface area (Å²) in [5.74, 6) is 1.44. The van der Waals surface area contributed by atoms with Crippen molar-refractivity contribution in [2.24, 2.45) is 4.40 Å². The lowest BCUT2D eigenvalue weighted by molar-refractivity contribution is 0.410. The molecule has 4 rings (SSSR count). The molecule has 6 heteroatoms. The van der Waals surface area contributed by atoms with E-state index in [1.165, 1.54) is 10.6 Å². The second-order valence-corrected chi connectivity index (χ2v) is 13.5. The van der Waals surface area contributed by atoms with Crippen molar-refractivity contribution in [3.8, 4) is 22.6 Å². The van der Waals surface area contributed by atoms with E-state index in [9.17, 15) is 4.21 Å². The summed E-state index contributed by atoms with van der Waals surface area (Å²) < 4.78 is 28.6. The van der Waals surface area contributed by atoms with Crippen molar-refractivity contribution in [2.75, 3.05) is 14.2 Å². The maximum Gasteiger partial charge on any atom is 0.144 e. The summed E-state index contributed by atoms with van der Waals surface area (Å²) in [7, 11) is 1.04. The first-order chi connectivity index (χ1) is 17.8. The van der Waals surface area contributed by atoms with Gasteiger partial charge in [0.15, 0.2) is 0 Å². The van der Waals surface area contributed by atoms with Gasteiger partial charge in [0.2, 0.25) is 0 Å². The zero-order chi connectivity index (χ0) is 26.4. The molecule has 4 aromatic rings. The maximum atomic E-state index is 12.8. The molecule has 1 unspecified atom stereocenters. The van der Waals surface area contributed by atoms with Crippen LogP contribution in [-0.2, 0) is 11.0 Å². The number of ether oxygens (including phenoxy) is 2. The van der Waals surface area contributed by atoms with Crippen LogP contribution in [0.15, 0.2) is 101 Å². The smallest absolute Gasteiger partial charge is 0.144 e. The number of nitrogens with zero attached hydrogens (tertiary/aromatic N) is 1. The number of rotatable bonds is 8. The molecule has 37 heavy (non-hydrogen) atoms. The lowest BCUT2D eigenvalue weighted by Crippen LogP contribution is -2.23. The van der Waals surface area contributed by atoms with Gasteiger partial charge in [-0.1, -0.05) is 84.9 Å². The molecule has 0 heterocycles. The largest absolute Gasteiger partial charge is 0.496 e. The quantitative estimate of drug-likeness (QED) is 0.208. The van der Waals surface area contributed by atoms with Crippen LogP contribution >= 0.6 is 7.92 Å². The number of hydrogen-bond donors (Lipinski definition) is 0. The average Bonchev–Trinajstić information content (AvgIpc) is 2.92. The minimum absolute atomic E-state index is 0.458. The monoisotopic (exact) mass is 529 g/mol. The Labute approximate surface area is 223 Å². The first kappa shape index (κ1) is 26.8. The van der Waals surface area contributed by atoms with Gasteiger partial charge >= 0.3 is 0 Å². The van der Waals surface area contributed by atoms with Crippen LogP contribution in [0.3, 0.4) is 0 Å². The lowest BCUT2D eigenvalue weighted by atomic mass is 9.98. The van der Waals surface area contributed by atoms with Gasteiger partial charge in [0, 0.05) is 22.9 Å². The van der Waals surface area contributed by atoms with Gasteiger partial charge in [-0.3, -0.25) is 0 Å². The molecule has 190 valence electrons. The molecule has 4 nitrogen and oxygen atoms in total. The van der Waals surface area contributed by atoms with Crippen LogP contribution in [0.25, 0.3) is 11.1 Å². The molecule has 0 saturated heterocycles. The van der Waals surface area contributed by atoms with Crippen LogP contribution in [0, 0.1) is 0 Å². The van der Waals surface area contributed by atoms with Crippen LogP contribution in [0.2, 0.25) is 0 Å². The van der Waals surface area contributed by atoms with E-state index in [1.807, 2.05) is 63.2 Å². The normalized spacial score (nSPS) is 12.6. The summed E-state index contributed by atoms with van der Waals surface area (Å²) in [5, 5.41) is 3.61. The minimum Gasteiger partial charge on any atom is -0.496 e. The van der Waals surface area contributed by atoms with E-state index in [2.05, 4.69) is 59.0 Å². The molecule has 0 spiro atoms. The fourth-order valence-electron chi connectivity index (χ4n) is 4.06. The van der Waals surface area contributed by atoms with Crippen molar-refractivity contribution in [2.45, 2.75) is 25.5 Å². The van der Waals surface area contributed by atoms with Crippen LogP contribution in [0.4, 0.5) is 0 Å². The van der Waals surface area contributed by atoms with Crippen LogP contribution in [0.1, 0.15) is 26.3 Å². The van der Waals surface area contributed by atoms with E-state index >= 15 is 0 Å². The van der Waals surface area contributed by atoms with Gasteiger partial charge in [0.05, 0.1) is 19.0 Å². The Morgan fingerprint density at radius 2 is 1.22 bits per heavy atom. The van der Waals surface area contributed by atoms with E-state index in [0.717, 1.165) is 27.7 Å². The third kappa shape index (κ3) is 6.01. The highest BCUT2D eigenvalue weighted by atomic mass is 32.2. The summed E-state index contributed by atoms with van der Waals surface area (Å²) in [6.07, 6.45) is 1.70. The summed E-state index contributed by atoms with van der Waals surface area (Å²) in [5.41, 5.74) is 2.63. The highest BCUT2D eigenvalue weighted by Crippen LogP contribution is 2.44. The molecule has 0 aliphatic rings. The molecule has 1 atom stereocenters. The van der Waals surface area contributed by atoms with Crippen LogP contribution in [0.5, 0.6) is 11.5 Å². The molecular formula is C31H32NO3PS. The first-order valence-electron chi connectivity index (χ1n) is 12.1. The molecular weight excluding hydrogens is 497 g/mol. The van der Waals surface area contributed by atoms with E-state index in [0.29, 0.717) is 5.75 Å². The molecule has 0 amide bonds. The van der Waals surface area contributed by atoms with Gasteiger partial charge in [-0.05, 0) is 56.7 Å². The summed E-state index contributed by atoms with van der Waals surface area (Å²) in [4.78, 5) is 0. The summed E-state index contributed by atoms with van der Waals surface area (Å²) in [6, 6.07) is 33.1. The highest BCUT2D eigenvalue weighted by Gasteiger charge is 2.26. The standard InChI is InChI=1S/C31H32NO3PS/c1-31(2,3)37(33)32-22-23-14-12-19-26(34-4)29(23)30-27(35-5)20-13-21-28(30)36(24-15-8-6-9-16-24)25-17-10-7-11-18-25/h6-22H,1-5H3/b32-22+. The summed E-state index contributed by atoms with van der Waals surface area (Å²) in [6.45, 7) is 5.74. The van der Waals surface area contributed by atoms with Gasteiger partial charge in [-0.25, -0.2) is 4.21 Å². The Bertz CT molecular complexity index is 1360. The van der Waals surface area contributed by atoms with Crippen LogP contribution < -0.4 is 25.4 Å². The molecule has 0 N–H and O–H groups in total. The Balaban J connectivity index is 2.02. The fraction of sp³-hybridized carbons (Fsp3) is 0.194. The predicted octanol–water partition coefficient (Wildman–Crippen LogP) is 6.01. The van der Waals surface area contributed by atoms with Crippen molar-refractivity contribution >= 4 is 41.0 Å². The molecule has 0 aliphatic carbocycles. The van der Waals surface area contributed by atoms with E-state index < -0.39 is 23.7 Å². The van der Waals surface area contributed by atoms with Gasteiger partial charge in [-0.2, -0.15) is 4.40 Å².